The number of aromatic nitrogens is 1. The summed E-state index contributed by atoms with van der Waals surface area (Å²) in [6.45, 7) is 1.30. The van der Waals surface area contributed by atoms with Gasteiger partial charge in [-0.1, -0.05) is 30.3 Å². The summed E-state index contributed by atoms with van der Waals surface area (Å²) < 4.78 is 5.11. The number of nitro benzene ring substituents is 1. The minimum atomic E-state index is -0.636. The Balaban J connectivity index is 1.63. The van der Waals surface area contributed by atoms with E-state index in [0.29, 0.717) is 21.3 Å². The highest BCUT2D eigenvalue weighted by Crippen LogP contribution is 2.28. The van der Waals surface area contributed by atoms with Gasteiger partial charge in [-0.2, -0.15) is 0 Å². The zero-order chi connectivity index (χ0) is 20.1. The Morgan fingerprint density at radius 2 is 1.82 bits per heavy atom. The number of carbonyl (C=O) groups excluding carboxylic acids is 2. The molecule has 0 saturated carbocycles. The number of aryl methyl sites for hydroxylation is 1. The summed E-state index contributed by atoms with van der Waals surface area (Å²) in [6.07, 6.45) is 0. The van der Waals surface area contributed by atoms with Crippen molar-refractivity contribution in [3.63, 3.8) is 0 Å². The molecule has 0 unspecified atom stereocenters. The summed E-state index contributed by atoms with van der Waals surface area (Å²) in [4.78, 5) is 39.2. The van der Waals surface area contributed by atoms with Crippen LogP contribution in [0.1, 0.15) is 14.7 Å². The van der Waals surface area contributed by atoms with Crippen molar-refractivity contribution >= 4 is 34.6 Å². The topological polar surface area (TPSA) is 111 Å². The molecule has 0 spiro atoms. The number of rotatable bonds is 6. The Morgan fingerprint density at radius 3 is 2.46 bits per heavy atom. The number of esters is 1. The van der Waals surface area contributed by atoms with Crippen molar-refractivity contribution in [2.45, 2.75) is 6.92 Å². The number of nitro groups is 1. The second-order valence-corrected chi connectivity index (χ2v) is 6.91. The standard InChI is InChI=1S/C19H15N3O5S/c1-12-20-17(13-5-3-2-4-6-13)18(28-12)19(24)27-11-16(23)21-14-7-9-15(10-8-14)22(25)26/h2-10H,11H2,1H3,(H,21,23). The van der Waals surface area contributed by atoms with E-state index >= 15 is 0 Å². The van der Waals surface area contributed by atoms with E-state index in [9.17, 15) is 19.7 Å². The molecule has 9 heteroatoms. The number of carbonyl (C=O) groups is 2. The SMILES string of the molecule is Cc1nc(-c2ccccc2)c(C(=O)OCC(=O)Nc2ccc([N+](=O)[O-])cc2)s1. The molecule has 28 heavy (non-hydrogen) atoms. The molecule has 1 aromatic heterocycles. The highest BCUT2D eigenvalue weighted by atomic mass is 32.1. The second-order valence-electron chi connectivity index (χ2n) is 5.70. The van der Waals surface area contributed by atoms with Crippen LogP contribution in [0, 0.1) is 17.0 Å². The van der Waals surface area contributed by atoms with E-state index in [1.54, 1.807) is 6.92 Å². The average molecular weight is 397 g/mol. The Kier molecular flexibility index (Phi) is 5.75. The van der Waals surface area contributed by atoms with Crippen LogP contribution in [0.4, 0.5) is 11.4 Å². The number of thiazole rings is 1. The van der Waals surface area contributed by atoms with Crippen LogP contribution < -0.4 is 5.32 Å². The number of nitrogens with one attached hydrogen (secondary N) is 1. The molecule has 0 bridgehead atoms. The fourth-order valence-corrected chi connectivity index (χ4v) is 3.25. The molecule has 1 heterocycles. The first kappa shape index (κ1) is 19.2. The van der Waals surface area contributed by atoms with E-state index in [0.717, 1.165) is 5.56 Å². The van der Waals surface area contributed by atoms with Crippen LogP contribution in [0.5, 0.6) is 0 Å². The van der Waals surface area contributed by atoms with Gasteiger partial charge in [-0.05, 0) is 19.1 Å². The number of nitrogens with zero attached hydrogens (tertiary/aromatic N) is 2. The smallest absolute Gasteiger partial charge is 0.351 e. The lowest BCUT2D eigenvalue weighted by molar-refractivity contribution is -0.384. The van der Waals surface area contributed by atoms with E-state index in [1.807, 2.05) is 30.3 Å². The van der Waals surface area contributed by atoms with Crippen LogP contribution in [0.15, 0.2) is 54.6 Å². The largest absolute Gasteiger partial charge is 0.451 e. The van der Waals surface area contributed by atoms with Crippen molar-refractivity contribution in [1.82, 2.24) is 4.98 Å². The predicted molar refractivity (Wildman–Crippen MR) is 104 cm³/mol. The summed E-state index contributed by atoms with van der Waals surface area (Å²) in [5.41, 5.74) is 1.58. The lowest BCUT2D eigenvalue weighted by Gasteiger charge is -2.06. The minimum absolute atomic E-state index is 0.0848. The first-order valence-corrected chi connectivity index (χ1v) is 9.00. The molecule has 3 aromatic rings. The molecule has 1 N–H and O–H groups in total. The zero-order valence-corrected chi connectivity index (χ0v) is 15.6. The fraction of sp³-hybridized carbons (Fsp3) is 0.105. The number of anilines is 1. The molecule has 142 valence electrons. The van der Waals surface area contributed by atoms with Crippen LogP contribution in [0.2, 0.25) is 0 Å². The number of amides is 1. The van der Waals surface area contributed by atoms with Gasteiger partial charge in [0.1, 0.15) is 4.88 Å². The molecule has 0 aliphatic heterocycles. The van der Waals surface area contributed by atoms with Crippen LogP contribution in [-0.4, -0.2) is 28.4 Å². The van der Waals surface area contributed by atoms with Crippen molar-refractivity contribution in [3.8, 4) is 11.3 Å². The third-order valence-corrected chi connectivity index (χ3v) is 4.61. The molecule has 8 nitrogen and oxygen atoms in total. The zero-order valence-electron chi connectivity index (χ0n) is 14.7. The van der Waals surface area contributed by atoms with E-state index in [2.05, 4.69) is 10.3 Å². The lowest BCUT2D eigenvalue weighted by Crippen LogP contribution is -2.20. The molecule has 0 atom stereocenters. The van der Waals surface area contributed by atoms with Crippen molar-refractivity contribution in [3.05, 3.63) is 74.6 Å². The third-order valence-electron chi connectivity index (χ3n) is 3.66. The Morgan fingerprint density at radius 1 is 1.14 bits per heavy atom. The first-order valence-electron chi connectivity index (χ1n) is 8.18. The number of non-ortho nitro benzene ring substituents is 1. The molecule has 0 fully saturated rings. The molecule has 2 aromatic carbocycles. The van der Waals surface area contributed by atoms with Crippen LogP contribution in [0.3, 0.4) is 0 Å². The van der Waals surface area contributed by atoms with Crippen molar-refractivity contribution in [2.75, 3.05) is 11.9 Å². The van der Waals surface area contributed by atoms with Gasteiger partial charge in [-0.3, -0.25) is 14.9 Å². The fourth-order valence-electron chi connectivity index (χ4n) is 2.42. The number of ether oxygens (including phenoxy) is 1. The molecule has 3 rings (SSSR count). The first-order chi connectivity index (χ1) is 13.4. The summed E-state index contributed by atoms with van der Waals surface area (Å²) in [5.74, 6) is -1.19. The number of benzene rings is 2. The average Bonchev–Trinajstić information content (AvgIpc) is 3.09. The monoisotopic (exact) mass is 397 g/mol. The second kappa shape index (κ2) is 8.40. The summed E-state index contributed by atoms with van der Waals surface area (Å²) >= 11 is 1.20. The summed E-state index contributed by atoms with van der Waals surface area (Å²) in [5, 5.41) is 13.9. The van der Waals surface area contributed by atoms with Crippen LogP contribution in [0.25, 0.3) is 11.3 Å². The quantitative estimate of drug-likeness (QED) is 0.384. The van der Waals surface area contributed by atoms with Gasteiger partial charge in [-0.15, -0.1) is 11.3 Å². The van der Waals surface area contributed by atoms with Crippen LogP contribution >= 0.6 is 11.3 Å². The Labute approximate surface area is 164 Å². The van der Waals surface area contributed by atoms with E-state index < -0.39 is 23.4 Å². The van der Waals surface area contributed by atoms with E-state index in [1.165, 1.54) is 35.6 Å². The van der Waals surface area contributed by atoms with Crippen molar-refractivity contribution < 1.29 is 19.2 Å². The summed E-state index contributed by atoms with van der Waals surface area (Å²) in [6, 6.07) is 14.6. The Hall–Kier alpha value is -3.59. The highest BCUT2D eigenvalue weighted by Gasteiger charge is 2.20. The lowest BCUT2D eigenvalue weighted by atomic mass is 10.1. The van der Waals surface area contributed by atoms with Gasteiger partial charge in [0.05, 0.1) is 15.6 Å². The highest BCUT2D eigenvalue weighted by molar-refractivity contribution is 7.14. The number of hydrogen-bond donors (Lipinski definition) is 1. The molecular formula is C19H15N3O5S. The molecule has 0 saturated heterocycles. The van der Waals surface area contributed by atoms with Gasteiger partial charge >= 0.3 is 5.97 Å². The molecular weight excluding hydrogens is 382 g/mol. The maximum atomic E-state index is 12.4. The normalized spacial score (nSPS) is 10.3. The van der Waals surface area contributed by atoms with Gasteiger partial charge in [-0.25, -0.2) is 9.78 Å². The van der Waals surface area contributed by atoms with Crippen molar-refractivity contribution in [2.24, 2.45) is 0 Å². The maximum Gasteiger partial charge on any atom is 0.351 e. The Bertz CT molecular complexity index is 1020. The number of hydrogen-bond acceptors (Lipinski definition) is 7. The predicted octanol–water partition coefficient (Wildman–Crippen LogP) is 3.82. The van der Waals surface area contributed by atoms with Gasteiger partial charge in [0.2, 0.25) is 0 Å². The van der Waals surface area contributed by atoms with Crippen LogP contribution in [-0.2, 0) is 9.53 Å². The third kappa shape index (κ3) is 4.57. The molecule has 1 amide bonds. The van der Waals surface area contributed by atoms with Gasteiger partial charge in [0, 0.05) is 23.4 Å². The van der Waals surface area contributed by atoms with Gasteiger partial charge < -0.3 is 10.1 Å². The van der Waals surface area contributed by atoms with Gasteiger partial charge in [0.25, 0.3) is 11.6 Å². The summed E-state index contributed by atoms with van der Waals surface area (Å²) in [7, 11) is 0. The van der Waals surface area contributed by atoms with Crippen molar-refractivity contribution in [1.29, 1.82) is 0 Å². The maximum absolute atomic E-state index is 12.4. The molecule has 0 aliphatic rings. The van der Waals surface area contributed by atoms with E-state index in [4.69, 9.17) is 4.74 Å². The van der Waals surface area contributed by atoms with E-state index in [-0.39, 0.29) is 5.69 Å². The minimum Gasteiger partial charge on any atom is -0.451 e. The van der Waals surface area contributed by atoms with Gasteiger partial charge in [0.15, 0.2) is 6.61 Å². The molecule has 0 radical (unpaired) electrons. The molecule has 0 aliphatic carbocycles.